The van der Waals surface area contributed by atoms with Crippen LogP contribution < -0.4 is 9.47 Å². The number of hydrogen-bond acceptors (Lipinski definition) is 2. The number of hydrogen-bond donors (Lipinski definition) is 0. The lowest BCUT2D eigenvalue weighted by Gasteiger charge is -2.10. The Balaban J connectivity index is 2.01. The van der Waals surface area contributed by atoms with Gasteiger partial charge in [-0.3, -0.25) is 0 Å². The van der Waals surface area contributed by atoms with E-state index >= 15 is 0 Å². The van der Waals surface area contributed by atoms with Crippen molar-refractivity contribution in [3.63, 3.8) is 0 Å². The minimum absolute atomic E-state index is 0.802. The van der Waals surface area contributed by atoms with Gasteiger partial charge in [-0.15, -0.1) is 0 Å². The summed E-state index contributed by atoms with van der Waals surface area (Å²) in [5.74, 6) is 3.41. The molecule has 0 heterocycles. The largest absolute Gasteiger partial charge is 0.462 e. The van der Waals surface area contributed by atoms with Crippen molar-refractivity contribution in [2.45, 2.75) is 33.6 Å². The Hall–Kier alpha value is -2.48. The Morgan fingerprint density at radius 2 is 1.70 bits per heavy atom. The Labute approximate surface area is 139 Å². The molecule has 2 aromatic rings. The first-order chi connectivity index (χ1) is 11.2. The molecule has 0 fully saturated rings. The molecule has 2 rings (SSSR count). The molecule has 0 saturated carbocycles. The third-order valence-corrected chi connectivity index (χ3v) is 3.30. The van der Waals surface area contributed by atoms with Gasteiger partial charge in [0.15, 0.2) is 0 Å². The predicted molar refractivity (Wildman–Crippen MR) is 96.1 cm³/mol. The second kappa shape index (κ2) is 8.84. The van der Waals surface area contributed by atoms with Crippen molar-refractivity contribution in [2.24, 2.45) is 0 Å². The van der Waals surface area contributed by atoms with Crippen molar-refractivity contribution in [3.05, 3.63) is 78.1 Å². The molecule has 0 spiro atoms. The fourth-order valence-corrected chi connectivity index (χ4v) is 2.08. The fourth-order valence-electron chi connectivity index (χ4n) is 2.08. The van der Waals surface area contributed by atoms with E-state index in [1.54, 1.807) is 0 Å². The molecule has 2 aromatic carbocycles. The average Bonchev–Trinajstić information content (AvgIpc) is 2.56. The normalized spacial score (nSPS) is 11.7. The van der Waals surface area contributed by atoms with Crippen LogP contribution in [0.25, 0.3) is 0 Å². The molecular weight excluding hydrogens is 284 g/mol. The first-order valence-corrected chi connectivity index (χ1v) is 8.09. The zero-order valence-electron chi connectivity index (χ0n) is 14.1. The fraction of sp³-hybridized carbons (Fsp3) is 0.238. The molecule has 0 amide bonds. The third kappa shape index (κ3) is 5.67. The van der Waals surface area contributed by atoms with Crippen LogP contribution in [0.3, 0.4) is 0 Å². The second-order valence-electron chi connectivity index (χ2n) is 5.31. The van der Waals surface area contributed by atoms with E-state index in [1.165, 1.54) is 5.56 Å². The molecule has 0 bridgehead atoms. The van der Waals surface area contributed by atoms with Crippen LogP contribution >= 0.6 is 0 Å². The molecule has 0 N–H and O–H groups in total. The van der Waals surface area contributed by atoms with Crippen LogP contribution in [-0.4, -0.2) is 0 Å². The monoisotopic (exact) mass is 308 g/mol. The molecule has 23 heavy (non-hydrogen) atoms. The summed E-state index contributed by atoms with van der Waals surface area (Å²) in [5.41, 5.74) is 1.18. The molecule has 120 valence electrons. The first kappa shape index (κ1) is 16.9. The highest BCUT2D eigenvalue weighted by Gasteiger charge is 2.01. The van der Waals surface area contributed by atoms with Crippen LogP contribution in [0.2, 0.25) is 0 Å². The zero-order chi connectivity index (χ0) is 16.5. The highest BCUT2D eigenvalue weighted by Crippen LogP contribution is 2.25. The van der Waals surface area contributed by atoms with Crippen molar-refractivity contribution in [3.8, 4) is 17.2 Å². The van der Waals surface area contributed by atoms with Gasteiger partial charge in [-0.25, -0.2) is 0 Å². The molecule has 0 aliphatic rings. The van der Waals surface area contributed by atoms with Crippen molar-refractivity contribution in [1.82, 2.24) is 0 Å². The summed E-state index contributed by atoms with van der Waals surface area (Å²) in [7, 11) is 0. The number of aryl methyl sites for hydroxylation is 1. The molecule has 2 heteroatoms. The summed E-state index contributed by atoms with van der Waals surface area (Å²) in [6.45, 7) is 6.25. The van der Waals surface area contributed by atoms with E-state index in [-0.39, 0.29) is 0 Å². The van der Waals surface area contributed by atoms with E-state index < -0.39 is 0 Å². The SMILES string of the molecule is CC/C=C\C=C(/CC)Oc1ccc(Oc2cccc(C)c2)cc1. The maximum absolute atomic E-state index is 5.89. The number of benzene rings is 2. The van der Waals surface area contributed by atoms with Crippen LogP contribution in [0.1, 0.15) is 32.3 Å². The van der Waals surface area contributed by atoms with Crippen molar-refractivity contribution < 1.29 is 9.47 Å². The van der Waals surface area contributed by atoms with Crippen molar-refractivity contribution in [2.75, 3.05) is 0 Å². The number of rotatable bonds is 7. The standard InChI is InChI=1S/C21H24O2/c1-4-6-7-10-18(5-2)22-19-12-14-20(15-13-19)23-21-11-8-9-17(3)16-21/h6-16H,4-5H2,1-3H3/b7-6-,18-10+. The van der Waals surface area contributed by atoms with Crippen LogP contribution in [0.15, 0.2) is 72.5 Å². The molecule has 0 unspecified atom stereocenters. The molecule has 0 radical (unpaired) electrons. The lowest BCUT2D eigenvalue weighted by atomic mass is 10.2. The Bertz CT molecular complexity index is 666. The second-order valence-corrected chi connectivity index (χ2v) is 5.31. The van der Waals surface area contributed by atoms with E-state index in [1.807, 2.05) is 54.6 Å². The predicted octanol–water partition coefficient (Wildman–Crippen LogP) is 6.43. The molecule has 0 saturated heterocycles. The van der Waals surface area contributed by atoms with Gasteiger partial charge in [-0.05, 0) is 61.4 Å². The minimum Gasteiger partial charge on any atom is -0.462 e. The summed E-state index contributed by atoms with van der Waals surface area (Å²) >= 11 is 0. The highest BCUT2D eigenvalue weighted by atomic mass is 16.5. The molecule has 0 atom stereocenters. The smallest absolute Gasteiger partial charge is 0.127 e. The Morgan fingerprint density at radius 3 is 2.35 bits per heavy atom. The minimum atomic E-state index is 0.802. The van der Waals surface area contributed by atoms with E-state index in [2.05, 4.69) is 32.9 Å². The van der Waals surface area contributed by atoms with E-state index in [4.69, 9.17) is 9.47 Å². The van der Waals surface area contributed by atoms with Gasteiger partial charge >= 0.3 is 0 Å². The quantitative estimate of drug-likeness (QED) is 0.433. The lowest BCUT2D eigenvalue weighted by molar-refractivity contribution is 0.408. The van der Waals surface area contributed by atoms with Gasteiger partial charge < -0.3 is 9.47 Å². The first-order valence-electron chi connectivity index (χ1n) is 8.09. The number of allylic oxidation sites excluding steroid dienone is 4. The van der Waals surface area contributed by atoms with Crippen LogP contribution in [0, 0.1) is 6.92 Å². The van der Waals surface area contributed by atoms with Gasteiger partial charge in [0.1, 0.15) is 23.0 Å². The summed E-state index contributed by atoms with van der Waals surface area (Å²) in [6, 6.07) is 15.7. The number of ether oxygens (including phenoxy) is 2. The van der Waals surface area contributed by atoms with Gasteiger partial charge in [-0.1, -0.05) is 38.1 Å². The lowest BCUT2D eigenvalue weighted by Crippen LogP contribution is -1.93. The highest BCUT2D eigenvalue weighted by molar-refractivity contribution is 5.37. The summed E-state index contributed by atoms with van der Waals surface area (Å²) in [6.07, 6.45) is 8.04. The molecule has 0 aliphatic heterocycles. The summed E-state index contributed by atoms with van der Waals surface area (Å²) in [4.78, 5) is 0. The van der Waals surface area contributed by atoms with Crippen LogP contribution in [-0.2, 0) is 0 Å². The zero-order valence-corrected chi connectivity index (χ0v) is 14.1. The van der Waals surface area contributed by atoms with Gasteiger partial charge in [0.05, 0.1) is 0 Å². The van der Waals surface area contributed by atoms with E-state index in [9.17, 15) is 0 Å². The summed E-state index contributed by atoms with van der Waals surface area (Å²) < 4.78 is 11.7. The molecule has 0 aromatic heterocycles. The van der Waals surface area contributed by atoms with E-state index in [0.29, 0.717) is 0 Å². The van der Waals surface area contributed by atoms with Gasteiger partial charge in [0.2, 0.25) is 0 Å². The van der Waals surface area contributed by atoms with Crippen molar-refractivity contribution >= 4 is 0 Å². The van der Waals surface area contributed by atoms with Crippen LogP contribution in [0.4, 0.5) is 0 Å². The molecular formula is C21H24O2. The Morgan fingerprint density at radius 1 is 0.957 bits per heavy atom. The van der Waals surface area contributed by atoms with Crippen LogP contribution in [0.5, 0.6) is 17.2 Å². The third-order valence-electron chi connectivity index (χ3n) is 3.30. The maximum atomic E-state index is 5.89. The molecule has 2 nitrogen and oxygen atoms in total. The van der Waals surface area contributed by atoms with Gasteiger partial charge in [0.25, 0.3) is 0 Å². The average molecular weight is 308 g/mol. The van der Waals surface area contributed by atoms with E-state index in [0.717, 1.165) is 35.8 Å². The Kier molecular flexibility index (Phi) is 6.49. The summed E-state index contributed by atoms with van der Waals surface area (Å²) in [5, 5.41) is 0. The molecule has 0 aliphatic carbocycles. The topological polar surface area (TPSA) is 18.5 Å². The maximum Gasteiger partial charge on any atom is 0.127 e. The van der Waals surface area contributed by atoms with Gasteiger partial charge in [0, 0.05) is 6.42 Å². The van der Waals surface area contributed by atoms with Crippen molar-refractivity contribution in [1.29, 1.82) is 0 Å². The van der Waals surface area contributed by atoms with Gasteiger partial charge in [-0.2, -0.15) is 0 Å².